The molecule has 0 saturated carbocycles. The molecule has 1 amide bonds. The lowest BCUT2D eigenvalue weighted by Gasteiger charge is -2.10. The van der Waals surface area contributed by atoms with Gasteiger partial charge >= 0.3 is 0 Å². The van der Waals surface area contributed by atoms with Crippen molar-refractivity contribution in [3.8, 4) is 0 Å². The summed E-state index contributed by atoms with van der Waals surface area (Å²) in [5, 5.41) is 0. The van der Waals surface area contributed by atoms with E-state index in [9.17, 15) is 4.79 Å². The molecule has 1 aliphatic rings. The Morgan fingerprint density at radius 2 is 2.23 bits per heavy atom. The Hall–Kier alpha value is -1.22. The number of allylic oxidation sites excluding steroid dienone is 4. The van der Waals surface area contributed by atoms with Gasteiger partial charge < -0.3 is 5.73 Å². The standard InChI is InChI=1S/C10H14N2O/c1-8-5-3-2-4-6-12-10(13)9(11)7-8/h2-6,8-9H,7,11H2,1H3/b4-2-,5-3-,12-6?. The van der Waals surface area contributed by atoms with Crippen molar-refractivity contribution < 1.29 is 4.79 Å². The molecule has 2 unspecified atom stereocenters. The summed E-state index contributed by atoms with van der Waals surface area (Å²) in [4.78, 5) is 14.9. The number of hydrogen-bond acceptors (Lipinski definition) is 2. The van der Waals surface area contributed by atoms with Gasteiger partial charge in [-0.1, -0.05) is 25.2 Å². The zero-order chi connectivity index (χ0) is 9.68. The van der Waals surface area contributed by atoms with E-state index < -0.39 is 6.04 Å². The summed E-state index contributed by atoms with van der Waals surface area (Å²) < 4.78 is 0. The number of rotatable bonds is 0. The van der Waals surface area contributed by atoms with E-state index in [1.54, 1.807) is 6.08 Å². The van der Waals surface area contributed by atoms with E-state index in [1.807, 2.05) is 25.2 Å². The fourth-order valence-corrected chi connectivity index (χ4v) is 1.16. The SMILES string of the molecule is CC1/C=C\C=C/C=NC(=O)C(N)C1. The lowest BCUT2D eigenvalue weighted by Crippen LogP contribution is -2.30. The van der Waals surface area contributed by atoms with Gasteiger partial charge in [-0.25, -0.2) is 4.99 Å². The van der Waals surface area contributed by atoms with Crippen molar-refractivity contribution in [1.82, 2.24) is 0 Å². The Kier molecular flexibility index (Phi) is 3.58. The first-order chi connectivity index (χ1) is 6.20. The number of amides is 1. The normalized spacial score (nSPS) is 34.2. The molecule has 3 heteroatoms. The molecule has 0 aromatic rings. The van der Waals surface area contributed by atoms with E-state index in [0.717, 1.165) is 0 Å². The van der Waals surface area contributed by atoms with Gasteiger partial charge in [0.25, 0.3) is 5.91 Å². The molecule has 1 rings (SSSR count). The second kappa shape index (κ2) is 4.72. The molecule has 70 valence electrons. The van der Waals surface area contributed by atoms with Crippen LogP contribution in [0.3, 0.4) is 0 Å². The highest BCUT2D eigenvalue weighted by atomic mass is 16.1. The molecule has 1 heterocycles. The first kappa shape index (κ1) is 9.86. The lowest BCUT2D eigenvalue weighted by molar-refractivity contribution is -0.119. The van der Waals surface area contributed by atoms with E-state index in [0.29, 0.717) is 12.3 Å². The monoisotopic (exact) mass is 178 g/mol. The molecule has 0 saturated heterocycles. The van der Waals surface area contributed by atoms with Gasteiger partial charge in [0.15, 0.2) is 0 Å². The minimum atomic E-state index is -0.470. The van der Waals surface area contributed by atoms with Crippen LogP contribution in [0.25, 0.3) is 0 Å². The van der Waals surface area contributed by atoms with Gasteiger partial charge in [0.1, 0.15) is 0 Å². The zero-order valence-electron chi connectivity index (χ0n) is 7.68. The van der Waals surface area contributed by atoms with E-state index in [2.05, 4.69) is 4.99 Å². The quantitative estimate of drug-likeness (QED) is 0.603. The van der Waals surface area contributed by atoms with Gasteiger partial charge in [-0.3, -0.25) is 4.79 Å². The Morgan fingerprint density at radius 3 is 3.00 bits per heavy atom. The highest BCUT2D eigenvalue weighted by Gasteiger charge is 2.14. The highest BCUT2D eigenvalue weighted by molar-refractivity contribution is 5.91. The van der Waals surface area contributed by atoms with Crippen molar-refractivity contribution in [3.05, 3.63) is 24.3 Å². The third-order valence-corrected chi connectivity index (χ3v) is 1.89. The molecule has 3 nitrogen and oxygen atoms in total. The smallest absolute Gasteiger partial charge is 0.262 e. The number of aliphatic imine (C=N–C) groups is 1. The molecule has 0 aliphatic carbocycles. The van der Waals surface area contributed by atoms with Crippen molar-refractivity contribution in [2.24, 2.45) is 16.6 Å². The Labute approximate surface area is 78.0 Å². The summed E-state index contributed by atoms with van der Waals surface area (Å²) >= 11 is 0. The number of carbonyl (C=O) groups is 1. The molecule has 13 heavy (non-hydrogen) atoms. The van der Waals surface area contributed by atoms with Crippen LogP contribution in [0.15, 0.2) is 29.3 Å². The summed E-state index contributed by atoms with van der Waals surface area (Å²) in [6.07, 6.45) is 9.67. The number of hydrogen-bond donors (Lipinski definition) is 1. The average Bonchev–Trinajstić information content (AvgIpc) is 2.09. The summed E-state index contributed by atoms with van der Waals surface area (Å²) in [5.74, 6) is 0.0729. The molecular weight excluding hydrogens is 164 g/mol. The van der Waals surface area contributed by atoms with Crippen LogP contribution >= 0.6 is 0 Å². The van der Waals surface area contributed by atoms with Gasteiger partial charge in [0.2, 0.25) is 0 Å². The Morgan fingerprint density at radius 1 is 1.46 bits per heavy atom. The maximum absolute atomic E-state index is 11.2. The molecule has 2 N–H and O–H groups in total. The molecule has 0 aromatic carbocycles. The molecule has 0 aromatic heterocycles. The van der Waals surface area contributed by atoms with Crippen LogP contribution in [0.5, 0.6) is 0 Å². The second-order valence-corrected chi connectivity index (χ2v) is 3.21. The van der Waals surface area contributed by atoms with Crippen LogP contribution in [0, 0.1) is 5.92 Å². The van der Waals surface area contributed by atoms with Crippen molar-refractivity contribution >= 4 is 12.1 Å². The fraction of sp³-hybridized carbons (Fsp3) is 0.400. The van der Waals surface area contributed by atoms with Gasteiger partial charge in [-0.05, 0) is 18.4 Å². The average molecular weight is 178 g/mol. The minimum Gasteiger partial charge on any atom is -0.320 e. The van der Waals surface area contributed by atoms with Gasteiger partial charge in [-0.15, -0.1) is 0 Å². The molecule has 0 fully saturated rings. The molecular formula is C10H14N2O. The zero-order valence-corrected chi connectivity index (χ0v) is 7.68. The largest absolute Gasteiger partial charge is 0.320 e. The van der Waals surface area contributed by atoms with Crippen LogP contribution in [0.4, 0.5) is 0 Å². The fourth-order valence-electron chi connectivity index (χ4n) is 1.16. The summed E-state index contributed by atoms with van der Waals surface area (Å²) in [6.45, 7) is 2.03. The van der Waals surface area contributed by atoms with E-state index in [4.69, 9.17) is 5.73 Å². The van der Waals surface area contributed by atoms with Gasteiger partial charge in [-0.2, -0.15) is 0 Å². The second-order valence-electron chi connectivity index (χ2n) is 3.21. The summed E-state index contributed by atoms with van der Waals surface area (Å²) in [5.41, 5.74) is 5.64. The van der Waals surface area contributed by atoms with Crippen LogP contribution in [-0.4, -0.2) is 18.2 Å². The van der Waals surface area contributed by atoms with Crippen LogP contribution in [0.1, 0.15) is 13.3 Å². The third kappa shape index (κ3) is 3.34. The Balaban J connectivity index is 2.76. The molecule has 2 atom stereocenters. The predicted octanol–water partition coefficient (Wildman–Crippen LogP) is 1.06. The van der Waals surface area contributed by atoms with Crippen molar-refractivity contribution in [2.45, 2.75) is 19.4 Å². The van der Waals surface area contributed by atoms with Gasteiger partial charge in [0.05, 0.1) is 6.04 Å². The van der Waals surface area contributed by atoms with E-state index in [1.165, 1.54) is 6.21 Å². The first-order valence-corrected chi connectivity index (χ1v) is 4.37. The first-order valence-electron chi connectivity index (χ1n) is 4.37. The summed E-state index contributed by atoms with van der Waals surface area (Å²) in [7, 11) is 0. The van der Waals surface area contributed by atoms with Crippen LogP contribution in [0.2, 0.25) is 0 Å². The van der Waals surface area contributed by atoms with E-state index >= 15 is 0 Å². The van der Waals surface area contributed by atoms with E-state index in [-0.39, 0.29) is 5.91 Å². The molecule has 0 spiro atoms. The molecule has 1 aliphatic heterocycles. The maximum Gasteiger partial charge on any atom is 0.262 e. The highest BCUT2D eigenvalue weighted by Crippen LogP contribution is 2.08. The number of nitrogens with two attached hydrogens (primary N) is 1. The van der Waals surface area contributed by atoms with Crippen molar-refractivity contribution in [1.29, 1.82) is 0 Å². The van der Waals surface area contributed by atoms with Crippen molar-refractivity contribution in [3.63, 3.8) is 0 Å². The number of carbonyl (C=O) groups excluding carboxylic acids is 1. The summed E-state index contributed by atoms with van der Waals surface area (Å²) in [6, 6.07) is -0.470. The Bertz CT molecular complexity index is 266. The molecule has 0 bridgehead atoms. The minimum absolute atomic E-state index is 0.244. The molecule has 0 radical (unpaired) electrons. The van der Waals surface area contributed by atoms with Gasteiger partial charge in [0, 0.05) is 6.21 Å². The maximum atomic E-state index is 11.2. The van der Waals surface area contributed by atoms with Crippen LogP contribution in [-0.2, 0) is 4.79 Å². The lowest BCUT2D eigenvalue weighted by atomic mass is 10.0. The van der Waals surface area contributed by atoms with Crippen LogP contribution < -0.4 is 5.73 Å². The number of nitrogens with zero attached hydrogens (tertiary/aromatic N) is 1. The topological polar surface area (TPSA) is 55.5 Å². The van der Waals surface area contributed by atoms with Crippen molar-refractivity contribution in [2.75, 3.05) is 0 Å². The third-order valence-electron chi connectivity index (χ3n) is 1.89. The predicted molar refractivity (Wildman–Crippen MR) is 53.5 cm³/mol.